The molecule has 2 heterocycles. The van der Waals surface area contributed by atoms with Crippen LogP contribution in [-0.4, -0.2) is 14.5 Å². The summed E-state index contributed by atoms with van der Waals surface area (Å²) in [6.07, 6.45) is 2.02. The minimum Gasteiger partial charge on any atom is -0.508 e. The molecule has 0 spiro atoms. The molecule has 0 radical (unpaired) electrons. The molecule has 4 heteroatoms. The molecular weight excluding hydrogens is 250 g/mol. The smallest absolute Gasteiger partial charge is 0.137 e. The molecule has 0 aliphatic carbocycles. The summed E-state index contributed by atoms with van der Waals surface area (Å²) in [4.78, 5) is 4.53. The quantitative estimate of drug-likeness (QED) is 0.764. The molecule has 0 amide bonds. The minimum absolute atomic E-state index is 0.329. The van der Waals surface area contributed by atoms with E-state index in [0.29, 0.717) is 18.8 Å². The first-order chi connectivity index (χ1) is 9.75. The summed E-state index contributed by atoms with van der Waals surface area (Å²) >= 11 is 0. The van der Waals surface area contributed by atoms with E-state index in [1.165, 1.54) is 0 Å². The van der Waals surface area contributed by atoms with Crippen molar-refractivity contribution in [2.24, 2.45) is 0 Å². The van der Waals surface area contributed by atoms with Crippen molar-refractivity contribution in [2.45, 2.75) is 20.0 Å². The number of hydrogen-bond donors (Lipinski definition) is 2. The van der Waals surface area contributed by atoms with Gasteiger partial charge in [0.2, 0.25) is 0 Å². The number of aromatic nitrogens is 2. The fourth-order valence-electron chi connectivity index (χ4n) is 2.35. The standard InChI is InChI=1S/C16H17N3O/c1-12-14(19-9-5-4-8-16(19)18-12)11-17-10-13-6-2-3-7-15(13)20/h2-9,17,20H,10-11H2,1H3. The van der Waals surface area contributed by atoms with Crippen LogP contribution in [0.25, 0.3) is 5.65 Å². The van der Waals surface area contributed by atoms with Crippen LogP contribution in [0.3, 0.4) is 0 Å². The molecule has 1 aromatic carbocycles. The number of phenolic OH excluding ortho intramolecular Hbond substituents is 1. The Kier molecular flexibility index (Phi) is 3.39. The molecule has 3 aromatic rings. The predicted molar refractivity (Wildman–Crippen MR) is 78.6 cm³/mol. The van der Waals surface area contributed by atoms with Crippen LogP contribution in [-0.2, 0) is 13.1 Å². The summed E-state index contributed by atoms with van der Waals surface area (Å²) < 4.78 is 2.09. The van der Waals surface area contributed by atoms with E-state index in [1.54, 1.807) is 6.07 Å². The number of benzene rings is 1. The zero-order chi connectivity index (χ0) is 13.9. The van der Waals surface area contributed by atoms with E-state index in [4.69, 9.17) is 0 Å². The van der Waals surface area contributed by atoms with Crippen LogP contribution >= 0.6 is 0 Å². The molecule has 102 valence electrons. The van der Waals surface area contributed by atoms with Gasteiger partial charge in [-0.15, -0.1) is 0 Å². The molecular formula is C16H17N3O. The molecule has 0 unspecified atom stereocenters. The van der Waals surface area contributed by atoms with E-state index in [0.717, 1.165) is 22.6 Å². The highest BCUT2D eigenvalue weighted by Crippen LogP contribution is 2.16. The van der Waals surface area contributed by atoms with Crippen LogP contribution in [0, 0.1) is 6.92 Å². The van der Waals surface area contributed by atoms with E-state index < -0.39 is 0 Å². The molecule has 4 nitrogen and oxygen atoms in total. The van der Waals surface area contributed by atoms with Gasteiger partial charge in [-0.1, -0.05) is 24.3 Å². The fourth-order valence-corrected chi connectivity index (χ4v) is 2.35. The Morgan fingerprint density at radius 2 is 1.90 bits per heavy atom. The molecule has 0 bridgehead atoms. The molecule has 0 aliphatic rings. The Morgan fingerprint density at radius 1 is 1.10 bits per heavy atom. The SMILES string of the molecule is Cc1nc2ccccn2c1CNCc1ccccc1O. The van der Waals surface area contributed by atoms with Crippen molar-refractivity contribution < 1.29 is 5.11 Å². The van der Waals surface area contributed by atoms with Gasteiger partial charge in [-0.25, -0.2) is 4.98 Å². The third kappa shape index (κ3) is 2.38. The van der Waals surface area contributed by atoms with E-state index in [1.807, 2.05) is 49.5 Å². The van der Waals surface area contributed by atoms with Gasteiger partial charge < -0.3 is 14.8 Å². The van der Waals surface area contributed by atoms with Gasteiger partial charge in [0.15, 0.2) is 0 Å². The van der Waals surface area contributed by atoms with Crippen LogP contribution in [0.1, 0.15) is 17.0 Å². The molecule has 3 rings (SSSR count). The van der Waals surface area contributed by atoms with Gasteiger partial charge in [-0.2, -0.15) is 0 Å². The third-order valence-corrected chi connectivity index (χ3v) is 3.43. The van der Waals surface area contributed by atoms with Crippen LogP contribution in [0.2, 0.25) is 0 Å². The summed E-state index contributed by atoms with van der Waals surface area (Å²) in [6.45, 7) is 3.36. The zero-order valence-electron chi connectivity index (χ0n) is 11.4. The van der Waals surface area contributed by atoms with Crippen LogP contribution in [0.4, 0.5) is 0 Å². The van der Waals surface area contributed by atoms with Crippen molar-refractivity contribution in [1.29, 1.82) is 0 Å². The number of rotatable bonds is 4. The first-order valence-electron chi connectivity index (χ1n) is 6.66. The molecule has 0 aliphatic heterocycles. The van der Waals surface area contributed by atoms with Gasteiger partial charge in [-0.05, 0) is 25.1 Å². The maximum atomic E-state index is 9.74. The van der Waals surface area contributed by atoms with Gasteiger partial charge in [0.05, 0.1) is 11.4 Å². The summed E-state index contributed by atoms with van der Waals surface area (Å²) in [7, 11) is 0. The van der Waals surface area contributed by atoms with Crippen LogP contribution < -0.4 is 5.32 Å². The lowest BCUT2D eigenvalue weighted by atomic mass is 10.2. The van der Waals surface area contributed by atoms with Crippen molar-refractivity contribution in [2.75, 3.05) is 0 Å². The van der Waals surface area contributed by atoms with Crippen molar-refractivity contribution in [3.63, 3.8) is 0 Å². The number of fused-ring (bicyclic) bond motifs is 1. The normalized spacial score (nSPS) is 11.1. The van der Waals surface area contributed by atoms with Crippen LogP contribution in [0.15, 0.2) is 48.7 Å². The lowest BCUT2D eigenvalue weighted by Gasteiger charge is -2.07. The molecule has 2 N–H and O–H groups in total. The number of aromatic hydroxyl groups is 1. The topological polar surface area (TPSA) is 49.6 Å². The Labute approximate surface area is 117 Å². The van der Waals surface area contributed by atoms with E-state index in [2.05, 4.69) is 14.7 Å². The third-order valence-electron chi connectivity index (χ3n) is 3.43. The summed E-state index contributed by atoms with van der Waals surface area (Å²) in [5.41, 5.74) is 4.04. The van der Waals surface area contributed by atoms with Crippen molar-refractivity contribution in [3.05, 3.63) is 65.6 Å². The second-order valence-electron chi connectivity index (χ2n) is 4.81. The first-order valence-corrected chi connectivity index (χ1v) is 6.66. The van der Waals surface area contributed by atoms with Crippen molar-refractivity contribution in [1.82, 2.24) is 14.7 Å². The molecule has 0 fully saturated rings. The Bertz CT molecular complexity index is 733. The van der Waals surface area contributed by atoms with Gasteiger partial charge in [-0.3, -0.25) is 0 Å². The van der Waals surface area contributed by atoms with Crippen molar-refractivity contribution >= 4 is 5.65 Å². The maximum Gasteiger partial charge on any atom is 0.137 e. The summed E-state index contributed by atoms with van der Waals surface area (Å²) in [5, 5.41) is 13.1. The molecule has 0 atom stereocenters. The van der Waals surface area contributed by atoms with Gasteiger partial charge in [0.1, 0.15) is 11.4 Å². The molecule has 2 aromatic heterocycles. The Morgan fingerprint density at radius 3 is 2.75 bits per heavy atom. The predicted octanol–water partition coefficient (Wildman–Crippen LogP) is 2.64. The summed E-state index contributed by atoms with van der Waals surface area (Å²) in [5.74, 6) is 0.329. The monoisotopic (exact) mass is 267 g/mol. The zero-order valence-corrected chi connectivity index (χ0v) is 11.4. The number of aryl methyl sites for hydroxylation is 1. The number of para-hydroxylation sites is 1. The fraction of sp³-hybridized carbons (Fsp3) is 0.188. The average molecular weight is 267 g/mol. The number of imidazole rings is 1. The molecule has 0 saturated heterocycles. The highest BCUT2D eigenvalue weighted by molar-refractivity contribution is 5.42. The van der Waals surface area contributed by atoms with Crippen molar-refractivity contribution in [3.8, 4) is 5.75 Å². The number of nitrogens with one attached hydrogen (secondary N) is 1. The largest absolute Gasteiger partial charge is 0.508 e. The van der Waals surface area contributed by atoms with E-state index in [9.17, 15) is 5.11 Å². The number of pyridine rings is 1. The van der Waals surface area contributed by atoms with Crippen LogP contribution in [0.5, 0.6) is 5.75 Å². The first kappa shape index (κ1) is 12.7. The lowest BCUT2D eigenvalue weighted by molar-refractivity contribution is 0.464. The van der Waals surface area contributed by atoms with E-state index in [-0.39, 0.29) is 0 Å². The highest BCUT2D eigenvalue weighted by atomic mass is 16.3. The lowest BCUT2D eigenvalue weighted by Crippen LogP contribution is -2.14. The van der Waals surface area contributed by atoms with Gasteiger partial charge in [0, 0.05) is 24.8 Å². The number of hydrogen-bond acceptors (Lipinski definition) is 3. The molecule has 20 heavy (non-hydrogen) atoms. The van der Waals surface area contributed by atoms with Gasteiger partial charge in [0.25, 0.3) is 0 Å². The average Bonchev–Trinajstić information content (AvgIpc) is 2.77. The highest BCUT2D eigenvalue weighted by Gasteiger charge is 2.07. The Balaban J connectivity index is 1.74. The minimum atomic E-state index is 0.329. The van der Waals surface area contributed by atoms with E-state index >= 15 is 0 Å². The second-order valence-corrected chi connectivity index (χ2v) is 4.81. The summed E-state index contributed by atoms with van der Waals surface area (Å²) in [6, 6.07) is 13.4. The number of phenols is 1. The molecule has 0 saturated carbocycles. The number of nitrogens with zero attached hydrogens (tertiary/aromatic N) is 2. The van der Waals surface area contributed by atoms with Gasteiger partial charge >= 0.3 is 0 Å². The maximum absolute atomic E-state index is 9.74. The Hall–Kier alpha value is -2.33. The second kappa shape index (κ2) is 5.35.